The van der Waals surface area contributed by atoms with Crippen LogP contribution in [0.3, 0.4) is 0 Å². The van der Waals surface area contributed by atoms with Crippen molar-refractivity contribution in [2.24, 2.45) is 0 Å². The highest BCUT2D eigenvalue weighted by molar-refractivity contribution is 6.18. The molecule has 0 radical (unpaired) electrons. The molecular weight excluding hydrogens is 200 g/mol. The van der Waals surface area contributed by atoms with Gasteiger partial charge in [-0.2, -0.15) is 0 Å². The predicted molar refractivity (Wildman–Crippen MR) is 56.5 cm³/mol. The molecule has 0 aliphatic carbocycles. The van der Waals surface area contributed by atoms with Gasteiger partial charge < -0.3 is 5.32 Å². The lowest BCUT2D eigenvalue weighted by Crippen LogP contribution is -2.44. The number of aromatic nitrogens is 1. The van der Waals surface area contributed by atoms with Crippen molar-refractivity contribution in [1.29, 1.82) is 0 Å². The van der Waals surface area contributed by atoms with Crippen LogP contribution in [0.15, 0.2) is 24.5 Å². The Morgan fingerprint density at radius 2 is 2.36 bits per heavy atom. The van der Waals surface area contributed by atoms with Gasteiger partial charge in [-0.05, 0) is 26.0 Å². The Morgan fingerprint density at radius 3 is 2.86 bits per heavy atom. The second-order valence-electron chi connectivity index (χ2n) is 3.71. The average molecular weight is 213 g/mol. The first-order chi connectivity index (χ1) is 6.55. The lowest BCUT2D eigenvalue weighted by atomic mass is 10.1. The van der Waals surface area contributed by atoms with Crippen LogP contribution >= 0.6 is 11.6 Å². The number of rotatable bonds is 3. The van der Waals surface area contributed by atoms with Gasteiger partial charge >= 0.3 is 0 Å². The SMILES string of the molecule is CC(C)(CCl)NC(=O)c1cccnc1. The van der Waals surface area contributed by atoms with Gasteiger partial charge in [0, 0.05) is 23.8 Å². The molecule has 1 aromatic heterocycles. The highest BCUT2D eigenvalue weighted by Crippen LogP contribution is 2.06. The average Bonchev–Trinajstić information content (AvgIpc) is 2.19. The van der Waals surface area contributed by atoms with E-state index in [-0.39, 0.29) is 5.91 Å². The smallest absolute Gasteiger partial charge is 0.253 e. The molecule has 3 nitrogen and oxygen atoms in total. The number of hydrogen-bond acceptors (Lipinski definition) is 2. The lowest BCUT2D eigenvalue weighted by molar-refractivity contribution is 0.0920. The molecule has 1 N–H and O–H groups in total. The van der Waals surface area contributed by atoms with Crippen LogP contribution in [0.2, 0.25) is 0 Å². The number of amides is 1. The largest absolute Gasteiger partial charge is 0.346 e. The molecule has 14 heavy (non-hydrogen) atoms. The zero-order valence-electron chi connectivity index (χ0n) is 8.25. The number of carbonyl (C=O) groups excluding carboxylic acids is 1. The maximum absolute atomic E-state index is 11.6. The van der Waals surface area contributed by atoms with Crippen LogP contribution in [0.4, 0.5) is 0 Å². The van der Waals surface area contributed by atoms with Crippen LogP contribution in [-0.4, -0.2) is 22.3 Å². The van der Waals surface area contributed by atoms with Crippen molar-refractivity contribution in [2.45, 2.75) is 19.4 Å². The van der Waals surface area contributed by atoms with E-state index in [0.29, 0.717) is 11.4 Å². The van der Waals surface area contributed by atoms with Gasteiger partial charge in [-0.25, -0.2) is 0 Å². The number of pyridine rings is 1. The second-order valence-corrected chi connectivity index (χ2v) is 3.98. The van der Waals surface area contributed by atoms with E-state index >= 15 is 0 Å². The summed E-state index contributed by atoms with van der Waals surface area (Å²) >= 11 is 5.69. The van der Waals surface area contributed by atoms with Gasteiger partial charge in [0.05, 0.1) is 5.56 Å². The van der Waals surface area contributed by atoms with E-state index in [2.05, 4.69) is 10.3 Å². The first kappa shape index (κ1) is 11.0. The standard InChI is InChI=1S/C10H13ClN2O/c1-10(2,7-11)13-9(14)8-4-3-5-12-6-8/h3-6H,7H2,1-2H3,(H,13,14). The summed E-state index contributed by atoms with van der Waals surface area (Å²) in [6.45, 7) is 3.74. The van der Waals surface area contributed by atoms with E-state index < -0.39 is 5.54 Å². The Kier molecular flexibility index (Phi) is 3.47. The van der Waals surface area contributed by atoms with Crippen LogP contribution in [-0.2, 0) is 0 Å². The summed E-state index contributed by atoms with van der Waals surface area (Å²) < 4.78 is 0. The maximum atomic E-state index is 11.6. The third-order valence-corrected chi connectivity index (χ3v) is 2.38. The fourth-order valence-corrected chi connectivity index (χ4v) is 0.977. The lowest BCUT2D eigenvalue weighted by Gasteiger charge is -2.23. The van der Waals surface area contributed by atoms with Crippen molar-refractivity contribution >= 4 is 17.5 Å². The second kappa shape index (κ2) is 4.42. The highest BCUT2D eigenvalue weighted by atomic mass is 35.5. The van der Waals surface area contributed by atoms with Crippen LogP contribution in [0.1, 0.15) is 24.2 Å². The summed E-state index contributed by atoms with van der Waals surface area (Å²) in [6.07, 6.45) is 3.16. The van der Waals surface area contributed by atoms with Gasteiger partial charge in [0.15, 0.2) is 0 Å². The minimum atomic E-state index is -0.394. The topological polar surface area (TPSA) is 42.0 Å². The van der Waals surface area contributed by atoms with E-state index in [4.69, 9.17) is 11.6 Å². The molecule has 0 aliphatic rings. The van der Waals surface area contributed by atoms with Gasteiger partial charge in [-0.1, -0.05) is 0 Å². The zero-order chi connectivity index (χ0) is 10.6. The quantitative estimate of drug-likeness (QED) is 0.777. The molecule has 0 bridgehead atoms. The molecule has 1 rings (SSSR count). The first-order valence-corrected chi connectivity index (χ1v) is 4.87. The molecule has 4 heteroatoms. The van der Waals surface area contributed by atoms with Gasteiger partial charge in [0.2, 0.25) is 0 Å². The Balaban J connectivity index is 2.69. The predicted octanol–water partition coefficient (Wildman–Crippen LogP) is 1.83. The van der Waals surface area contributed by atoms with E-state index in [1.807, 2.05) is 13.8 Å². The number of nitrogens with one attached hydrogen (secondary N) is 1. The summed E-state index contributed by atoms with van der Waals surface area (Å²) in [4.78, 5) is 15.5. The fourth-order valence-electron chi connectivity index (χ4n) is 0.910. The molecule has 0 spiro atoms. The Bertz CT molecular complexity index is 311. The van der Waals surface area contributed by atoms with Gasteiger partial charge in [-0.15, -0.1) is 11.6 Å². The summed E-state index contributed by atoms with van der Waals surface area (Å²) in [7, 11) is 0. The van der Waals surface area contributed by atoms with Gasteiger partial charge in [-0.3, -0.25) is 9.78 Å². The molecule has 76 valence electrons. The summed E-state index contributed by atoms with van der Waals surface area (Å²) in [6, 6.07) is 3.44. The highest BCUT2D eigenvalue weighted by Gasteiger charge is 2.19. The number of carbonyl (C=O) groups is 1. The van der Waals surface area contributed by atoms with E-state index in [9.17, 15) is 4.79 Å². The minimum Gasteiger partial charge on any atom is -0.346 e. The van der Waals surface area contributed by atoms with Crippen molar-refractivity contribution in [3.8, 4) is 0 Å². The van der Waals surface area contributed by atoms with Crippen molar-refractivity contribution in [1.82, 2.24) is 10.3 Å². The summed E-state index contributed by atoms with van der Waals surface area (Å²) in [5.74, 6) is 0.225. The molecule has 1 amide bonds. The number of nitrogens with zero attached hydrogens (tertiary/aromatic N) is 1. The molecule has 0 aliphatic heterocycles. The number of alkyl halides is 1. The number of halogens is 1. The van der Waals surface area contributed by atoms with Crippen molar-refractivity contribution in [3.63, 3.8) is 0 Å². The maximum Gasteiger partial charge on any atom is 0.253 e. The van der Waals surface area contributed by atoms with Crippen molar-refractivity contribution < 1.29 is 4.79 Å². The third kappa shape index (κ3) is 3.00. The first-order valence-electron chi connectivity index (χ1n) is 4.34. The van der Waals surface area contributed by atoms with Gasteiger partial charge in [0.25, 0.3) is 5.91 Å². The summed E-state index contributed by atoms with van der Waals surface area (Å²) in [5.41, 5.74) is 0.153. The Morgan fingerprint density at radius 1 is 1.64 bits per heavy atom. The monoisotopic (exact) mass is 212 g/mol. The van der Waals surface area contributed by atoms with Crippen LogP contribution < -0.4 is 5.32 Å². The normalized spacial score (nSPS) is 11.1. The van der Waals surface area contributed by atoms with E-state index in [1.165, 1.54) is 6.20 Å². The molecule has 0 saturated heterocycles. The molecule has 0 aromatic carbocycles. The van der Waals surface area contributed by atoms with Crippen LogP contribution in [0.25, 0.3) is 0 Å². The third-order valence-electron chi connectivity index (χ3n) is 1.71. The Labute approximate surface area is 88.5 Å². The number of hydrogen-bond donors (Lipinski definition) is 1. The molecule has 0 unspecified atom stereocenters. The minimum absolute atomic E-state index is 0.149. The molecule has 1 heterocycles. The van der Waals surface area contributed by atoms with Crippen LogP contribution in [0.5, 0.6) is 0 Å². The van der Waals surface area contributed by atoms with E-state index in [0.717, 1.165) is 0 Å². The van der Waals surface area contributed by atoms with Gasteiger partial charge in [0.1, 0.15) is 0 Å². The Hall–Kier alpha value is -1.09. The van der Waals surface area contributed by atoms with E-state index in [1.54, 1.807) is 18.3 Å². The fraction of sp³-hybridized carbons (Fsp3) is 0.400. The van der Waals surface area contributed by atoms with Crippen LogP contribution in [0, 0.1) is 0 Å². The molecule has 0 atom stereocenters. The van der Waals surface area contributed by atoms with Crippen molar-refractivity contribution in [3.05, 3.63) is 30.1 Å². The molecule has 0 saturated carbocycles. The molecular formula is C10H13ClN2O. The zero-order valence-corrected chi connectivity index (χ0v) is 9.01. The molecule has 0 fully saturated rings. The molecule has 1 aromatic rings. The van der Waals surface area contributed by atoms with Crippen molar-refractivity contribution in [2.75, 3.05) is 5.88 Å². The summed E-state index contributed by atoms with van der Waals surface area (Å²) in [5, 5.41) is 2.81.